The summed E-state index contributed by atoms with van der Waals surface area (Å²) in [6.45, 7) is 5.86. The predicted molar refractivity (Wildman–Crippen MR) is 82.7 cm³/mol. The lowest BCUT2D eigenvalue weighted by Gasteiger charge is -2.30. The first-order chi connectivity index (χ1) is 9.84. The number of benzene rings is 1. The van der Waals surface area contributed by atoms with E-state index in [0.717, 1.165) is 6.42 Å². The van der Waals surface area contributed by atoms with Crippen LogP contribution in [0.1, 0.15) is 38.7 Å². The summed E-state index contributed by atoms with van der Waals surface area (Å²) in [6, 6.07) is 9.56. The molecule has 0 spiro atoms. The Morgan fingerprint density at radius 2 is 1.81 bits per heavy atom. The smallest absolute Gasteiger partial charge is 0.242 e. The highest BCUT2D eigenvalue weighted by Gasteiger charge is 2.45. The quantitative estimate of drug-likeness (QED) is 0.891. The van der Waals surface area contributed by atoms with Crippen LogP contribution >= 0.6 is 0 Å². The molecular formula is C17H24N2O2. The number of carbonyl (C=O) groups is 2. The molecule has 0 radical (unpaired) electrons. The maximum absolute atomic E-state index is 12.4. The van der Waals surface area contributed by atoms with Crippen LogP contribution in [0.15, 0.2) is 30.3 Å². The molecule has 2 amide bonds. The molecule has 1 aliphatic rings. The fourth-order valence-corrected chi connectivity index (χ4v) is 2.62. The van der Waals surface area contributed by atoms with Crippen molar-refractivity contribution in [2.45, 2.75) is 39.2 Å². The minimum atomic E-state index is -0.507. The number of hydrogen-bond acceptors (Lipinski definition) is 2. The molecule has 3 unspecified atom stereocenters. The topological polar surface area (TPSA) is 58.2 Å². The molecule has 1 aromatic carbocycles. The van der Waals surface area contributed by atoms with Gasteiger partial charge in [0.1, 0.15) is 6.04 Å². The van der Waals surface area contributed by atoms with Crippen molar-refractivity contribution in [3.05, 3.63) is 35.9 Å². The molecule has 21 heavy (non-hydrogen) atoms. The molecule has 4 nitrogen and oxygen atoms in total. The van der Waals surface area contributed by atoms with E-state index in [1.165, 1.54) is 5.56 Å². The van der Waals surface area contributed by atoms with E-state index in [2.05, 4.69) is 22.8 Å². The highest BCUT2D eigenvalue weighted by Crippen LogP contribution is 2.47. The van der Waals surface area contributed by atoms with Gasteiger partial charge in [0.25, 0.3) is 0 Å². The third-order valence-electron chi connectivity index (χ3n) is 4.02. The summed E-state index contributed by atoms with van der Waals surface area (Å²) in [5, 5.41) is 5.54. The standard InChI is InChI=1S/C17H24N2O2/c1-17(2,3)14(16(21)18-4)19-15(20)13-10-12(13)11-8-6-5-7-9-11/h5-9,12-14H,10H2,1-4H3,(H,18,21)(H,19,20). The molecule has 0 saturated heterocycles. The Morgan fingerprint density at radius 1 is 1.19 bits per heavy atom. The molecular weight excluding hydrogens is 264 g/mol. The van der Waals surface area contributed by atoms with E-state index < -0.39 is 6.04 Å². The average molecular weight is 288 g/mol. The average Bonchev–Trinajstić information content (AvgIpc) is 3.24. The van der Waals surface area contributed by atoms with Gasteiger partial charge in [-0.15, -0.1) is 0 Å². The van der Waals surface area contributed by atoms with Crippen LogP contribution in [0.5, 0.6) is 0 Å². The number of rotatable bonds is 4. The Kier molecular flexibility index (Phi) is 4.35. The van der Waals surface area contributed by atoms with Gasteiger partial charge in [-0.05, 0) is 23.3 Å². The maximum atomic E-state index is 12.4. The summed E-state index contributed by atoms with van der Waals surface area (Å²) in [5.74, 6) is 0.110. The normalized spacial score (nSPS) is 22.3. The van der Waals surface area contributed by atoms with Crippen LogP contribution in [0.2, 0.25) is 0 Å². The summed E-state index contributed by atoms with van der Waals surface area (Å²) in [6.07, 6.45) is 0.862. The van der Waals surface area contributed by atoms with Gasteiger partial charge in [-0.1, -0.05) is 51.1 Å². The Hall–Kier alpha value is -1.84. The Bertz CT molecular complexity index is 519. The van der Waals surface area contributed by atoms with Crippen molar-refractivity contribution in [1.29, 1.82) is 0 Å². The van der Waals surface area contributed by atoms with Gasteiger partial charge in [0, 0.05) is 13.0 Å². The second kappa shape index (κ2) is 5.88. The third kappa shape index (κ3) is 3.63. The lowest BCUT2D eigenvalue weighted by Crippen LogP contribution is -2.53. The van der Waals surface area contributed by atoms with Gasteiger partial charge in [-0.3, -0.25) is 9.59 Å². The fourth-order valence-electron chi connectivity index (χ4n) is 2.62. The van der Waals surface area contributed by atoms with E-state index in [1.807, 2.05) is 39.0 Å². The van der Waals surface area contributed by atoms with Crippen LogP contribution in [0.25, 0.3) is 0 Å². The first-order valence-electron chi connectivity index (χ1n) is 7.41. The lowest BCUT2D eigenvalue weighted by molar-refractivity contribution is -0.131. The Balaban J connectivity index is 2.00. The highest BCUT2D eigenvalue weighted by atomic mass is 16.2. The van der Waals surface area contributed by atoms with Gasteiger partial charge in [0.05, 0.1) is 0 Å². The number of amides is 2. The van der Waals surface area contributed by atoms with Crippen molar-refractivity contribution >= 4 is 11.8 Å². The second-order valence-corrected chi connectivity index (χ2v) is 6.78. The van der Waals surface area contributed by atoms with Crippen LogP contribution in [-0.4, -0.2) is 24.9 Å². The van der Waals surface area contributed by atoms with E-state index in [-0.39, 0.29) is 29.1 Å². The molecule has 2 rings (SSSR count). The van der Waals surface area contributed by atoms with Gasteiger partial charge in [-0.25, -0.2) is 0 Å². The van der Waals surface area contributed by atoms with Gasteiger partial charge >= 0.3 is 0 Å². The van der Waals surface area contributed by atoms with E-state index in [1.54, 1.807) is 7.05 Å². The minimum absolute atomic E-state index is 0.0121. The largest absolute Gasteiger partial charge is 0.357 e. The van der Waals surface area contributed by atoms with Crippen molar-refractivity contribution in [3.63, 3.8) is 0 Å². The number of hydrogen-bond donors (Lipinski definition) is 2. The number of carbonyl (C=O) groups excluding carboxylic acids is 2. The number of nitrogens with one attached hydrogen (secondary N) is 2. The van der Waals surface area contributed by atoms with E-state index in [0.29, 0.717) is 0 Å². The Morgan fingerprint density at radius 3 is 2.33 bits per heavy atom. The molecule has 3 atom stereocenters. The molecule has 4 heteroatoms. The van der Waals surface area contributed by atoms with Crippen LogP contribution in [-0.2, 0) is 9.59 Å². The van der Waals surface area contributed by atoms with E-state index in [9.17, 15) is 9.59 Å². The first kappa shape index (κ1) is 15.5. The van der Waals surface area contributed by atoms with Crippen LogP contribution < -0.4 is 10.6 Å². The molecule has 2 N–H and O–H groups in total. The van der Waals surface area contributed by atoms with E-state index in [4.69, 9.17) is 0 Å². The zero-order valence-electron chi connectivity index (χ0n) is 13.1. The summed E-state index contributed by atoms with van der Waals surface area (Å²) in [7, 11) is 1.59. The first-order valence-corrected chi connectivity index (χ1v) is 7.41. The molecule has 0 aliphatic heterocycles. The predicted octanol–water partition coefficient (Wildman–Crippen LogP) is 2.07. The molecule has 0 aromatic heterocycles. The van der Waals surface area contributed by atoms with Crippen molar-refractivity contribution in [1.82, 2.24) is 10.6 Å². The third-order valence-corrected chi connectivity index (χ3v) is 4.02. The van der Waals surface area contributed by atoms with Gasteiger partial charge in [-0.2, -0.15) is 0 Å². The van der Waals surface area contributed by atoms with Gasteiger partial charge < -0.3 is 10.6 Å². The van der Waals surface area contributed by atoms with Crippen molar-refractivity contribution in [2.24, 2.45) is 11.3 Å². The molecule has 0 bridgehead atoms. The van der Waals surface area contributed by atoms with Crippen LogP contribution in [0, 0.1) is 11.3 Å². The zero-order valence-corrected chi connectivity index (χ0v) is 13.1. The summed E-state index contributed by atoms with van der Waals surface area (Å²) < 4.78 is 0. The second-order valence-electron chi connectivity index (χ2n) is 6.78. The van der Waals surface area contributed by atoms with Crippen LogP contribution in [0.3, 0.4) is 0 Å². The molecule has 114 valence electrons. The molecule has 0 heterocycles. The van der Waals surface area contributed by atoms with Crippen molar-refractivity contribution < 1.29 is 9.59 Å². The van der Waals surface area contributed by atoms with Gasteiger partial charge in [0.2, 0.25) is 11.8 Å². The summed E-state index contributed by atoms with van der Waals surface area (Å²) in [5.41, 5.74) is 0.886. The van der Waals surface area contributed by atoms with Crippen molar-refractivity contribution in [3.8, 4) is 0 Å². The van der Waals surface area contributed by atoms with Crippen molar-refractivity contribution in [2.75, 3.05) is 7.05 Å². The fraction of sp³-hybridized carbons (Fsp3) is 0.529. The minimum Gasteiger partial charge on any atom is -0.357 e. The summed E-state index contributed by atoms with van der Waals surface area (Å²) >= 11 is 0. The number of likely N-dealkylation sites (N-methyl/N-ethyl adjacent to an activating group) is 1. The molecule has 1 aliphatic carbocycles. The molecule has 1 saturated carbocycles. The molecule has 1 fully saturated rings. The van der Waals surface area contributed by atoms with Gasteiger partial charge in [0.15, 0.2) is 0 Å². The summed E-state index contributed by atoms with van der Waals surface area (Å²) in [4.78, 5) is 24.3. The molecule has 1 aromatic rings. The SMILES string of the molecule is CNC(=O)C(NC(=O)C1CC1c1ccccc1)C(C)(C)C. The van der Waals surface area contributed by atoms with Crippen LogP contribution in [0.4, 0.5) is 0 Å². The lowest BCUT2D eigenvalue weighted by atomic mass is 9.86. The Labute approximate surface area is 126 Å². The highest BCUT2D eigenvalue weighted by molar-refractivity contribution is 5.90. The maximum Gasteiger partial charge on any atom is 0.242 e. The zero-order chi connectivity index (χ0) is 15.6. The monoisotopic (exact) mass is 288 g/mol. The van der Waals surface area contributed by atoms with E-state index >= 15 is 0 Å².